The number of benzene rings is 1. The molecule has 1 aliphatic heterocycles. The Morgan fingerprint density at radius 2 is 1.82 bits per heavy atom. The molecular formula is C18H18N4O4S2. The lowest BCUT2D eigenvalue weighted by Gasteiger charge is -2.33. The van der Waals surface area contributed by atoms with Crippen LogP contribution >= 0.6 is 11.3 Å². The third-order valence-electron chi connectivity index (χ3n) is 4.70. The maximum atomic E-state index is 12.8. The van der Waals surface area contributed by atoms with E-state index in [0.717, 1.165) is 10.9 Å². The zero-order valence-electron chi connectivity index (χ0n) is 15.1. The summed E-state index contributed by atoms with van der Waals surface area (Å²) in [4.78, 5) is 32.4. The fourth-order valence-corrected chi connectivity index (χ4v) is 6.09. The van der Waals surface area contributed by atoms with E-state index in [0.29, 0.717) is 22.7 Å². The van der Waals surface area contributed by atoms with Crippen molar-refractivity contribution in [3.05, 3.63) is 57.5 Å². The van der Waals surface area contributed by atoms with E-state index in [9.17, 15) is 18.0 Å². The number of nitrogens with one attached hydrogen (secondary N) is 1. The van der Waals surface area contributed by atoms with E-state index in [1.54, 1.807) is 17.9 Å². The number of amides is 1. The standard InChI is InChI=1S/C18H18N4O4S2/c1-12-17(27-18(24)19-12)28(25,26)22-10-8-21(9-11-22)16(23)15-7-6-13-4-2-3-5-14(13)20-15/h2-7H,8-11H2,1H3,(H,19,24). The molecule has 0 bridgehead atoms. The minimum atomic E-state index is -3.75. The second-order valence-electron chi connectivity index (χ2n) is 6.51. The fourth-order valence-electron chi connectivity index (χ4n) is 3.23. The van der Waals surface area contributed by atoms with E-state index in [4.69, 9.17) is 0 Å². The van der Waals surface area contributed by atoms with Gasteiger partial charge in [-0.15, -0.1) is 0 Å². The van der Waals surface area contributed by atoms with Crippen molar-refractivity contribution in [3.8, 4) is 0 Å². The third-order valence-corrected chi connectivity index (χ3v) is 8.18. The molecule has 0 aliphatic carbocycles. The number of para-hydroxylation sites is 1. The van der Waals surface area contributed by atoms with Crippen LogP contribution in [0.2, 0.25) is 0 Å². The number of carbonyl (C=O) groups excluding carboxylic acids is 1. The Morgan fingerprint density at radius 1 is 1.11 bits per heavy atom. The Morgan fingerprint density at radius 3 is 2.50 bits per heavy atom. The highest BCUT2D eigenvalue weighted by atomic mass is 32.2. The molecule has 4 rings (SSSR count). The molecule has 1 N–H and O–H groups in total. The lowest BCUT2D eigenvalue weighted by Crippen LogP contribution is -2.50. The van der Waals surface area contributed by atoms with Crippen LogP contribution < -0.4 is 4.87 Å². The molecule has 0 atom stereocenters. The molecule has 3 heterocycles. The number of fused-ring (bicyclic) bond motifs is 1. The summed E-state index contributed by atoms with van der Waals surface area (Å²) in [6.07, 6.45) is 0. The molecular weight excluding hydrogens is 400 g/mol. The quantitative estimate of drug-likeness (QED) is 0.693. The van der Waals surface area contributed by atoms with Gasteiger partial charge in [0.1, 0.15) is 5.69 Å². The lowest BCUT2D eigenvalue weighted by atomic mass is 10.2. The Hall–Kier alpha value is -2.56. The van der Waals surface area contributed by atoms with E-state index < -0.39 is 14.9 Å². The number of aromatic nitrogens is 2. The van der Waals surface area contributed by atoms with Gasteiger partial charge in [-0.1, -0.05) is 35.6 Å². The molecule has 0 unspecified atom stereocenters. The number of aryl methyl sites for hydroxylation is 1. The van der Waals surface area contributed by atoms with Crippen LogP contribution in [0.5, 0.6) is 0 Å². The van der Waals surface area contributed by atoms with Gasteiger partial charge in [-0.25, -0.2) is 13.4 Å². The molecule has 146 valence electrons. The van der Waals surface area contributed by atoms with Crippen molar-refractivity contribution < 1.29 is 13.2 Å². The minimum absolute atomic E-state index is 0.0356. The average Bonchev–Trinajstić information content (AvgIpc) is 3.06. The van der Waals surface area contributed by atoms with E-state index in [-0.39, 0.29) is 36.3 Å². The third kappa shape index (κ3) is 3.34. The zero-order valence-corrected chi connectivity index (χ0v) is 16.7. The number of thiazole rings is 1. The fraction of sp³-hybridized carbons (Fsp3) is 0.278. The van der Waals surface area contributed by atoms with Crippen LogP contribution in [0.4, 0.5) is 0 Å². The number of rotatable bonds is 3. The molecule has 28 heavy (non-hydrogen) atoms. The van der Waals surface area contributed by atoms with Crippen molar-refractivity contribution in [2.45, 2.75) is 11.1 Å². The Kier molecular flexibility index (Phi) is 4.77. The molecule has 1 aliphatic rings. The summed E-state index contributed by atoms with van der Waals surface area (Å²) in [6.45, 7) is 2.45. The molecule has 10 heteroatoms. The SMILES string of the molecule is Cc1[nH]c(=O)sc1S(=O)(=O)N1CCN(C(=O)c2ccc3ccccc3n2)CC1. The van der Waals surface area contributed by atoms with E-state index in [2.05, 4.69) is 9.97 Å². The van der Waals surface area contributed by atoms with Gasteiger partial charge in [-0.3, -0.25) is 9.59 Å². The predicted molar refractivity (Wildman–Crippen MR) is 106 cm³/mol. The van der Waals surface area contributed by atoms with Crippen molar-refractivity contribution in [2.24, 2.45) is 0 Å². The predicted octanol–water partition coefficient (Wildman–Crippen LogP) is 1.44. The Balaban J connectivity index is 1.49. The number of sulfonamides is 1. The highest BCUT2D eigenvalue weighted by Crippen LogP contribution is 2.23. The maximum absolute atomic E-state index is 12.8. The molecule has 0 spiro atoms. The number of piperazine rings is 1. The van der Waals surface area contributed by atoms with Gasteiger partial charge in [0.2, 0.25) is 0 Å². The number of nitrogens with zero attached hydrogens (tertiary/aromatic N) is 3. The number of hydrogen-bond donors (Lipinski definition) is 1. The topological polar surface area (TPSA) is 103 Å². The average molecular weight is 419 g/mol. The molecule has 0 radical (unpaired) electrons. The monoisotopic (exact) mass is 418 g/mol. The van der Waals surface area contributed by atoms with Crippen molar-refractivity contribution in [3.63, 3.8) is 0 Å². The van der Waals surface area contributed by atoms with Gasteiger partial charge in [0.25, 0.3) is 15.9 Å². The van der Waals surface area contributed by atoms with Crippen molar-refractivity contribution in [1.29, 1.82) is 0 Å². The van der Waals surface area contributed by atoms with Gasteiger partial charge in [0.05, 0.1) is 5.52 Å². The summed E-state index contributed by atoms with van der Waals surface area (Å²) in [5.41, 5.74) is 1.43. The second-order valence-corrected chi connectivity index (χ2v) is 9.63. The highest BCUT2D eigenvalue weighted by Gasteiger charge is 2.33. The molecule has 1 saturated heterocycles. The summed E-state index contributed by atoms with van der Waals surface area (Å²) in [6, 6.07) is 11.1. The van der Waals surface area contributed by atoms with Crippen LogP contribution in [0.3, 0.4) is 0 Å². The molecule has 0 saturated carbocycles. The molecule has 1 amide bonds. The van der Waals surface area contributed by atoms with Crippen LogP contribution in [-0.2, 0) is 10.0 Å². The van der Waals surface area contributed by atoms with Crippen molar-refractivity contribution in [2.75, 3.05) is 26.2 Å². The number of H-pyrrole nitrogens is 1. The first-order chi connectivity index (χ1) is 13.4. The smallest absolute Gasteiger partial charge is 0.305 e. The first-order valence-electron chi connectivity index (χ1n) is 8.71. The van der Waals surface area contributed by atoms with Crippen LogP contribution in [0, 0.1) is 6.92 Å². The normalized spacial score (nSPS) is 15.8. The molecule has 1 aromatic carbocycles. The van der Waals surface area contributed by atoms with Crippen LogP contribution in [0.1, 0.15) is 16.2 Å². The number of aromatic amines is 1. The summed E-state index contributed by atoms with van der Waals surface area (Å²) in [5.74, 6) is -0.217. The summed E-state index contributed by atoms with van der Waals surface area (Å²) in [5, 5.41) is 0.954. The van der Waals surface area contributed by atoms with E-state index in [1.165, 1.54) is 4.31 Å². The van der Waals surface area contributed by atoms with Gasteiger partial charge < -0.3 is 9.88 Å². The van der Waals surface area contributed by atoms with Gasteiger partial charge >= 0.3 is 4.87 Å². The summed E-state index contributed by atoms with van der Waals surface area (Å²) < 4.78 is 26.9. The Bertz CT molecular complexity index is 1210. The summed E-state index contributed by atoms with van der Waals surface area (Å²) in [7, 11) is -3.75. The van der Waals surface area contributed by atoms with Gasteiger partial charge in [0.15, 0.2) is 4.21 Å². The molecule has 1 fully saturated rings. The van der Waals surface area contributed by atoms with Crippen LogP contribution in [0.25, 0.3) is 10.9 Å². The molecule has 8 nitrogen and oxygen atoms in total. The van der Waals surface area contributed by atoms with Gasteiger partial charge in [-0.05, 0) is 19.1 Å². The van der Waals surface area contributed by atoms with E-state index >= 15 is 0 Å². The van der Waals surface area contributed by atoms with E-state index in [1.807, 2.05) is 30.3 Å². The molecule has 3 aromatic rings. The van der Waals surface area contributed by atoms with Gasteiger partial charge in [0, 0.05) is 37.3 Å². The number of carbonyl (C=O) groups is 1. The first-order valence-corrected chi connectivity index (χ1v) is 11.0. The molecule has 2 aromatic heterocycles. The van der Waals surface area contributed by atoms with Crippen molar-refractivity contribution >= 4 is 38.2 Å². The zero-order chi connectivity index (χ0) is 19.9. The van der Waals surface area contributed by atoms with Crippen LogP contribution in [0.15, 0.2) is 45.4 Å². The first kappa shape index (κ1) is 18.8. The number of pyridine rings is 1. The van der Waals surface area contributed by atoms with Crippen LogP contribution in [-0.4, -0.2) is 59.7 Å². The minimum Gasteiger partial charge on any atom is -0.335 e. The van der Waals surface area contributed by atoms with Gasteiger partial charge in [-0.2, -0.15) is 4.31 Å². The summed E-state index contributed by atoms with van der Waals surface area (Å²) >= 11 is 0.689. The van der Waals surface area contributed by atoms with Crippen molar-refractivity contribution in [1.82, 2.24) is 19.2 Å². The second kappa shape index (κ2) is 7.12. The maximum Gasteiger partial charge on any atom is 0.305 e. The highest BCUT2D eigenvalue weighted by molar-refractivity contribution is 7.91. The number of hydrogen-bond acceptors (Lipinski definition) is 6. The Labute approximate surface area is 165 Å². The largest absolute Gasteiger partial charge is 0.335 e. The lowest BCUT2D eigenvalue weighted by molar-refractivity contribution is 0.0692.